The molecule has 0 unspecified atom stereocenters. The van der Waals surface area contributed by atoms with Gasteiger partial charge in [0, 0.05) is 5.30 Å². The van der Waals surface area contributed by atoms with Gasteiger partial charge in [-0.1, -0.05) is 108 Å². The molecule has 1 nitrogen and oxygen atoms in total. The van der Waals surface area contributed by atoms with Crippen molar-refractivity contribution in [3.8, 4) is 6.07 Å². The third-order valence-electron chi connectivity index (χ3n) is 5.25. The normalized spacial score (nSPS) is 12.1. The third-order valence-corrected chi connectivity index (χ3v) is 7.75. The van der Waals surface area contributed by atoms with Crippen LogP contribution in [0.5, 0.6) is 0 Å². The second kappa shape index (κ2) is 8.14. The van der Waals surface area contributed by atoms with Gasteiger partial charge in [0.25, 0.3) is 0 Å². The van der Waals surface area contributed by atoms with Crippen molar-refractivity contribution in [2.75, 3.05) is 0 Å². The molecule has 0 atom stereocenters. The fourth-order valence-corrected chi connectivity index (χ4v) is 5.76. The summed E-state index contributed by atoms with van der Waals surface area (Å²) in [7, 11) is -0.792. The zero-order valence-corrected chi connectivity index (χ0v) is 19.2. The minimum Gasteiger partial charge on any atom is -0.192 e. The Hall–Kier alpha value is -2.42. The minimum atomic E-state index is -0.792. The second-order valence-corrected chi connectivity index (χ2v) is 11.7. The van der Waals surface area contributed by atoms with E-state index in [1.807, 2.05) is 18.2 Å². The average molecular weight is 400 g/mol. The van der Waals surface area contributed by atoms with Gasteiger partial charge in [0.05, 0.1) is 11.6 Å². The van der Waals surface area contributed by atoms with Gasteiger partial charge in [-0.3, -0.25) is 0 Å². The van der Waals surface area contributed by atoms with Gasteiger partial charge in [-0.05, 0) is 46.6 Å². The molecule has 3 rings (SSSR count). The van der Waals surface area contributed by atoms with Crippen molar-refractivity contribution in [1.29, 1.82) is 5.26 Å². The van der Waals surface area contributed by atoms with Crippen LogP contribution in [0.3, 0.4) is 0 Å². The van der Waals surface area contributed by atoms with Crippen molar-refractivity contribution in [3.63, 3.8) is 0 Å². The Labute approximate surface area is 177 Å². The molecule has 0 heterocycles. The Balaban J connectivity index is 2.14. The molecule has 2 heteroatoms. The van der Waals surface area contributed by atoms with E-state index in [-0.39, 0.29) is 10.8 Å². The zero-order chi connectivity index (χ0) is 21.2. The summed E-state index contributed by atoms with van der Waals surface area (Å²) in [5, 5.41) is 13.4. The number of hydrogen-bond donors (Lipinski definition) is 0. The van der Waals surface area contributed by atoms with Crippen molar-refractivity contribution in [1.82, 2.24) is 0 Å². The lowest BCUT2D eigenvalue weighted by Crippen LogP contribution is -2.24. The van der Waals surface area contributed by atoms with E-state index in [0.29, 0.717) is 0 Å². The molecule has 0 saturated carbocycles. The maximum Gasteiger partial charge on any atom is 0.0998 e. The molecule has 0 spiro atoms. The highest BCUT2D eigenvalue weighted by Crippen LogP contribution is 2.35. The van der Waals surface area contributed by atoms with Crippen molar-refractivity contribution in [3.05, 3.63) is 89.5 Å². The topological polar surface area (TPSA) is 23.8 Å². The molecule has 0 bridgehead atoms. The second-order valence-electron chi connectivity index (χ2n) is 9.56. The molecule has 3 aromatic carbocycles. The monoisotopic (exact) mass is 399 g/mol. The van der Waals surface area contributed by atoms with Gasteiger partial charge in [0.1, 0.15) is 0 Å². The fraction of sp³-hybridized carbons (Fsp3) is 0.296. The molecule has 29 heavy (non-hydrogen) atoms. The Morgan fingerprint density at radius 3 is 1.41 bits per heavy atom. The van der Waals surface area contributed by atoms with Crippen LogP contribution in [0.2, 0.25) is 0 Å². The summed E-state index contributed by atoms with van der Waals surface area (Å²) in [5.74, 6) is 0. The average Bonchev–Trinajstić information content (AvgIpc) is 2.68. The number of nitriles is 1. The molecule has 0 aliphatic carbocycles. The SMILES string of the molecule is CC(C)(C)c1ccc(P(c2ccc(C(C)(C)C)cc2)c2ccccc2C#N)cc1. The first-order chi connectivity index (χ1) is 13.6. The van der Waals surface area contributed by atoms with E-state index >= 15 is 0 Å². The van der Waals surface area contributed by atoms with Gasteiger partial charge in [-0.25, -0.2) is 0 Å². The summed E-state index contributed by atoms with van der Waals surface area (Å²) in [6.07, 6.45) is 0. The third kappa shape index (κ3) is 4.77. The summed E-state index contributed by atoms with van der Waals surface area (Å²) in [5.41, 5.74) is 3.67. The van der Waals surface area contributed by atoms with E-state index in [9.17, 15) is 5.26 Å². The lowest BCUT2D eigenvalue weighted by Gasteiger charge is -2.24. The maximum absolute atomic E-state index is 9.72. The molecule has 0 aromatic heterocycles. The van der Waals surface area contributed by atoms with Gasteiger partial charge < -0.3 is 0 Å². The summed E-state index contributed by atoms with van der Waals surface area (Å²) in [6, 6.07) is 28.4. The van der Waals surface area contributed by atoms with Crippen LogP contribution in [0.1, 0.15) is 58.2 Å². The Morgan fingerprint density at radius 2 is 1.03 bits per heavy atom. The van der Waals surface area contributed by atoms with E-state index in [0.717, 1.165) is 10.9 Å². The minimum absolute atomic E-state index is 0.125. The number of rotatable bonds is 3. The van der Waals surface area contributed by atoms with E-state index in [4.69, 9.17) is 0 Å². The highest BCUT2D eigenvalue weighted by Gasteiger charge is 2.22. The summed E-state index contributed by atoms with van der Waals surface area (Å²) >= 11 is 0. The van der Waals surface area contributed by atoms with Crippen LogP contribution in [0.4, 0.5) is 0 Å². The number of benzene rings is 3. The van der Waals surface area contributed by atoms with Gasteiger partial charge >= 0.3 is 0 Å². The van der Waals surface area contributed by atoms with Crippen LogP contribution in [-0.2, 0) is 10.8 Å². The highest BCUT2D eigenvalue weighted by molar-refractivity contribution is 7.79. The molecule has 0 fully saturated rings. The van der Waals surface area contributed by atoms with Crippen LogP contribution < -0.4 is 15.9 Å². The molecule has 0 aliphatic heterocycles. The molecule has 0 N–H and O–H groups in total. The number of hydrogen-bond acceptors (Lipinski definition) is 1. The Morgan fingerprint density at radius 1 is 0.621 bits per heavy atom. The number of nitrogens with zero attached hydrogens (tertiary/aromatic N) is 1. The predicted molar refractivity (Wildman–Crippen MR) is 127 cm³/mol. The van der Waals surface area contributed by atoms with Gasteiger partial charge in [0.15, 0.2) is 0 Å². The van der Waals surface area contributed by atoms with E-state index < -0.39 is 7.92 Å². The van der Waals surface area contributed by atoms with Gasteiger partial charge in [-0.2, -0.15) is 5.26 Å². The first kappa shape index (κ1) is 21.3. The summed E-state index contributed by atoms with van der Waals surface area (Å²) in [6.45, 7) is 13.4. The molecular weight excluding hydrogens is 369 g/mol. The van der Waals surface area contributed by atoms with Crippen LogP contribution in [0, 0.1) is 11.3 Å². The van der Waals surface area contributed by atoms with Crippen LogP contribution in [0.15, 0.2) is 72.8 Å². The largest absolute Gasteiger partial charge is 0.192 e. The molecule has 0 aliphatic rings. The quantitative estimate of drug-likeness (QED) is 0.502. The molecule has 3 aromatic rings. The van der Waals surface area contributed by atoms with E-state index in [1.165, 1.54) is 21.7 Å². The molecule has 148 valence electrons. The Kier molecular flexibility index (Phi) is 5.97. The molecule has 0 amide bonds. The van der Waals surface area contributed by atoms with Crippen molar-refractivity contribution in [2.24, 2.45) is 0 Å². The summed E-state index contributed by atoms with van der Waals surface area (Å²) in [4.78, 5) is 0. The highest BCUT2D eigenvalue weighted by atomic mass is 31.1. The van der Waals surface area contributed by atoms with E-state index in [2.05, 4.69) is 102 Å². The maximum atomic E-state index is 9.72. The van der Waals surface area contributed by atoms with Crippen LogP contribution in [0.25, 0.3) is 0 Å². The van der Waals surface area contributed by atoms with Gasteiger partial charge in [-0.15, -0.1) is 0 Å². The smallest absolute Gasteiger partial charge is 0.0998 e. The van der Waals surface area contributed by atoms with Gasteiger partial charge in [0.2, 0.25) is 0 Å². The van der Waals surface area contributed by atoms with Crippen LogP contribution >= 0.6 is 7.92 Å². The zero-order valence-electron chi connectivity index (χ0n) is 18.3. The van der Waals surface area contributed by atoms with Crippen LogP contribution in [-0.4, -0.2) is 0 Å². The molecular formula is C27H30NP. The predicted octanol–water partition coefficient (Wildman–Crippen LogP) is 5.91. The lowest BCUT2D eigenvalue weighted by atomic mass is 9.87. The fourth-order valence-electron chi connectivity index (χ4n) is 3.41. The van der Waals surface area contributed by atoms with E-state index in [1.54, 1.807) is 0 Å². The molecule has 0 radical (unpaired) electrons. The van der Waals surface area contributed by atoms with Crippen molar-refractivity contribution >= 4 is 23.8 Å². The lowest BCUT2D eigenvalue weighted by molar-refractivity contribution is 0.590. The Bertz CT molecular complexity index is 953. The van der Waals surface area contributed by atoms with Crippen molar-refractivity contribution in [2.45, 2.75) is 52.4 Å². The standard InChI is InChI=1S/C27H30NP/c1-26(2,3)21-11-15-23(16-12-21)29(25-10-8-7-9-20(25)19-28)24-17-13-22(14-18-24)27(4,5)6/h7-18H,1-6H3. The first-order valence-electron chi connectivity index (χ1n) is 10.1. The van der Waals surface area contributed by atoms with Crippen molar-refractivity contribution < 1.29 is 0 Å². The molecule has 0 saturated heterocycles. The summed E-state index contributed by atoms with van der Waals surface area (Å²) < 4.78 is 0. The first-order valence-corrected chi connectivity index (χ1v) is 11.5.